The third-order valence-electron chi connectivity index (χ3n) is 4.70. The molecule has 1 aromatic heterocycles. The number of aliphatic carboxylic acids is 1. The number of alkyl halides is 3. The Labute approximate surface area is 153 Å². The molecule has 0 saturated heterocycles. The van der Waals surface area contributed by atoms with Crippen LogP contribution in [0.2, 0.25) is 0 Å². The molecule has 0 fully saturated rings. The molecule has 0 aromatic carbocycles. The van der Waals surface area contributed by atoms with E-state index in [1.807, 2.05) is 12.4 Å². The second-order valence-corrected chi connectivity index (χ2v) is 6.36. The fourth-order valence-corrected chi connectivity index (χ4v) is 3.83. The van der Waals surface area contributed by atoms with Gasteiger partial charge in [-0.25, -0.2) is 9.78 Å². The van der Waals surface area contributed by atoms with Crippen molar-refractivity contribution in [1.82, 2.24) is 9.55 Å². The molecular formula is C18H18F3N3O3. The van der Waals surface area contributed by atoms with Crippen molar-refractivity contribution in [2.75, 3.05) is 12.0 Å². The number of carboxylic acids is 1. The molecule has 3 heterocycles. The molecule has 1 N–H and O–H groups in total. The van der Waals surface area contributed by atoms with E-state index in [0.29, 0.717) is 0 Å². The summed E-state index contributed by atoms with van der Waals surface area (Å²) in [5, 5.41) is 7.12. The summed E-state index contributed by atoms with van der Waals surface area (Å²) in [6, 6.07) is 0. The molecule has 1 aliphatic carbocycles. The Morgan fingerprint density at radius 1 is 1.33 bits per heavy atom. The van der Waals surface area contributed by atoms with E-state index >= 15 is 0 Å². The van der Waals surface area contributed by atoms with Crippen molar-refractivity contribution in [3.63, 3.8) is 0 Å². The molecule has 3 aliphatic rings. The first-order valence-electron chi connectivity index (χ1n) is 8.08. The topological polar surface area (TPSA) is 67.6 Å². The fourth-order valence-electron chi connectivity index (χ4n) is 3.83. The number of nitrogens with zero attached hydrogens (tertiary/aromatic N) is 3. The molecule has 1 spiro atoms. The van der Waals surface area contributed by atoms with Crippen molar-refractivity contribution in [2.45, 2.75) is 32.0 Å². The summed E-state index contributed by atoms with van der Waals surface area (Å²) in [6.07, 6.45) is 8.30. The molecule has 0 radical (unpaired) electrons. The Morgan fingerprint density at radius 2 is 2.00 bits per heavy atom. The second kappa shape index (κ2) is 6.33. The number of carboxylic acid groups (broad SMARTS) is 1. The highest BCUT2D eigenvalue weighted by Gasteiger charge is 2.50. The zero-order valence-corrected chi connectivity index (χ0v) is 14.9. The van der Waals surface area contributed by atoms with E-state index in [4.69, 9.17) is 14.6 Å². The van der Waals surface area contributed by atoms with E-state index < -0.39 is 12.1 Å². The van der Waals surface area contributed by atoms with Crippen molar-refractivity contribution in [2.24, 2.45) is 0 Å². The van der Waals surface area contributed by atoms with Gasteiger partial charge in [0, 0.05) is 30.6 Å². The first kappa shape index (κ1) is 18.8. The highest BCUT2D eigenvalue weighted by molar-refractivity contribution is 5.83. The number of hydrogen-bond donors (Lipinski definition) is 1. The van der Waals surface area contributed by atoms with Crippen LogP contribution < -0.4 is 4.90 Å². The van der Waals surface area contributed by atoms with Crippen LogP contribution >= 0.6 is 0 Å². The highest BCUT2D eigenvalue weighted by atomic mass is 19.4. The van der Waals surface area contributed by atoms with Gasteiger partial charge in [0.1, 0.15) is 11.3 Å². The lowest BCUT2D eigenvalue weighted by Crippen LogP contribution is -2.45. The maximum absolute atomic E-state index is 10.6. The zero-order chi connectivity index (χ0) is 20.0. The summed E-state index contributed by atoms with van der Waals surface area (Å²) in [7, 11) is 1.75. The van der Waals surface area contributed by atoms with E-state index in [9.17, 15) is 13.2 Å². The number of rotatable bonds is 1. The van der Waals surface area contributed by atoms with Crippen molar-refractivity contribution in [3.8, 4) is 0 Å². The lowest BCUT2D eigenvalue weighted by molar-refractivity contribution is -0.192. The van der Waals surface area contributed by atoms with Crippen LogP contribution in [0, 0.1) is 0 Å². The third kappa shape index (κ3) is 2.83. The summed E-state index contributed by atoms with van der Waals surface area (Å²) < 4.78 is 39.5. The van der Waals surface area contributed by atoms with Gasteiger partial charge >= 0.3 is 12.1 Å². The van der Waals surface area contributed by atoms with Crippen molar-refractivity contribution in [1.29, 1.82) is 0 Å². The summed E-state index contributed by atoms with van der Waals surface area (Å²) in [5.74, 6) is -0.771. The summed E-state index contributed by atoms with van der Waals surface area (Å²) in [5.41, 5.74) is 3.59. The van der Waals surface area contributed by atoms with Gasteiger partial charge in [0.25, 0.3) is 0 Å². The van der Waals surface area contributed by atoms with Gasteiger partial charge in [-0.3, -0.25) is 4.57 Å². The number of allylic oxidation sites excluding steroid dienone is 3. The number of fused-ring (bicyclic) bond motifs is 3. The predicted molar refractivity (Wildman–Crippen MR) is 92.6 cm³/mol. The average molecular weight is 381 g/mol. The molecule has 0 saturated carbocycles. The van der Waals surface area contributed by atoms with Gasteiger partial charge in [-0.2, -0.15) is 13.2 Å². The Hall–Kier alpha value is -2.97. The number of imidazole rings is 1. The van der Waals surface area contributed by atoms with E-state index in [2.05, 4.69) is 52.7 Å². The van der Waals surface area contributed by atoms with Gasteiger partial charge in [-0.05, 0) is 25.5 Å². The first-order chi connectivity index (χ1) is 12.6. The van der Waals surface area contributed by atoms with Crippen LogP contribution in [0.15, 0.2) is 53.7 Å². The van der Waals surface area contributed by atoms with Gasteiger partial charge in [-0.1, -0.05) is 12.2 Å². The average Bonchev–Trinajstić information content (AvgIpc) is 3.12. The van der Waals surface area contributed by atoms with Crippen LogP contribution in [0.3, 0.4) is 0 Å². The molecule has 1 unspecified atom stereocenters. The highest BCUT2D eigenvalue weighted by Crippen LogP contribution is 2.52. The molecule has 27 heavy (non-hydrogen) atoms. The molecule has 6 nitrogen and oxygen atoms in total. The van der Waals surface area contributed by atoms with E-state index in [1.54, 1.807) is 7.11 Å². The first-order valence-corrected chi connectivity index (χ1v) is 8.08. The second-order valence-electron chi connectivity index (χ2n) is 6.36. The van der Waals surface area contributed by atoms with Gasteiger partial charge in [0.15, 0.2) is 0 Å². The number of methoxy groups -OCH3 is 1. The lowest BCUT2D eigenvalue weighted by atomic mass is 9.78. The largest absolute Gasteiger partial charge is 0.496 e. The number of aromatic nitrogens is 2. The maximum Gasteiger partial charge on any atom is 0.490 e. The minimum absolute atomic E-state index is 0.144. The molecule has 4 rings (SSSR count). The van der Waals surface area contributed by atoms with Gasteiger partial charge in [-0.15, -0.1) is 0 Å². The molecule has 0 amide bonds. The SMILES string of the molecule is COC1=C(C)CC23C=CC=CN2c2nccn2C3=C1C.O=C(O)C(F)(F)F. The molecule has 2 aliphatic heterocycles. The zero-order valence-electron chi connectivity index (χ0n) is 14.9. The van der Waals surface area contributed by atoms with E-state index in [0.717, 1.165) is 18.1 Å². The minimum Gasteiger partial charge on any atom is -0.496 e. The summed E-state index contributed by atoms with van der Waals surface area (Å²) >= 11 is 0. The van der Waals surface area contributed by atoms with Crippen molar-refractivity contribution >= 4 is 17.6 Å². The summed E-state index contributed by atoms with van der Waals surface area (Å²) in [6.45, 7) is 4.29. The Kier molecular flexibility index (Phi) is 4.41. The fraction of sp³-hybridized carbons (Fsp3) is 0.333. The van der Waals surface area contributed by atoms with Crippen LogP contribution in [0.1, 0.15) is 20.3 Å². The summed E-state index contributed by atoms with van der Waals surface area (Å²) in [4.78, 5) is 15.7. The van der Waals surface area contributed by atoms with Gasteiger partial charge in [0.2, 0.25) is 5.95 Å². The molecule has 144 valence electrons. The molecule has 9 heteroatoms. The number of carbonyl (C=O) groups is 1. The normalized spacial score (nSPS) is 22.8. The smallest absolute Gasteiger partial charge is 0.490 e. The van der Waals surface area contributed by atoms with Crippen LogP contribution in [0.5, 0.6) is 0 Å². The Bertz CT molecular complexity index is 908. The Morgan fingerprint density at radius 3 is 2.59 bits per heavy atom. The quantitative estimate of drug-likeness (QED) is 0.803. The van der Waals surface area contributed by atoms with Gasteiger partial charge < -0.3 is 14.7 Å². The molecular weight excluding hydrogens is 363 g/mol. The Balaban J connectivity index is 0.000000260. The number of halogens is 3. The van der Waals surface area contributed by atoms with Crippen molar-refractivity contribution in [3.05, 3.63) is 53.7 Å². The molecule has 1 aromatic rings. The van der Waals surface area contributed by atoms with Gasteiger partial charge in [0.05, 0.1) is 12.8 Å². The van der Waals surface area contributed by atoms with E-state index in [1.165, 1.54) is 16.8 Å². The number of hydrogen-bond acceptors (Lipinski definition) is 4. The van der Waals surface area contributed by atoms with Crippen molar-refractivity contribution < 1.29 is 27.8 Å². The number of ether oxygens (including phenoxy) is 1. The monoisotopic (exact) mass is 381 g/mol. The van der Waals surface area contributed by atoms with Crippen LogP contribution in [-0.2, 0) is 9.53 Å². The van der Waals surface area contributed by atoms with Crippen LogP contribution in [-0.4, -0.2) is 39.5 Å². The third-order valence-corrected chi connectivity index (χ3v) is 4.70. The lowest BCUT2D eigenvalue weighted by Gasteiger charge is -2.40. The molecule has 1 atom stereocenters. The van der Waals surface area contributed by atoms with Crippen LogP contribution in [0.25, 0.3) is 5.70 Å². The maximum atomic E-state index is 10.6. The number of anilines is 1. The van der Waals surface area contributed by atoms with Crippen LogP contribution in [0.4, 0.5) is 19.1 Å². The minimum atomic E-state index is -5.08. The van der Waals surface area contributed by atoms with E-state index in [-0.39, 0.29) is 5.54 Å². The molecule has 0 bridgehead atoms. The standard InChI is InChI=1S/C16H17N3O.C2HF3O2/c1-11-10-16-6-4-5-8-19(16)15-17-7-9-18(15)14(16)12(2)13(11)20-3;3-2(4,5)1(6)7/h4-9H,10H2,1-3H3;(H,6,7). The predicted octanol–water partition coefficient (Wildman–Crippen LogP) is 3.71.